The summed E-state index contributed by atoms with van der Waals surface area (Å²) in [4.78, 5) is 19.3. The van der Waals surface area contributed by atoms with Gasteiger partial charge >= 0.3 is 0 Å². The van der Waals surface area contributed by atoms with Crippen molar-refractivity contribution < 1.29 is 9.53 Å². The molecule has 1 saturated carbocycles. The van der Waals surface area contributed by atoms with Crippen molar-refractivity contribution in [3.8, 4) is 17.3 Å². The largest absolute Gasteiger partial charge is 0.372 e. The van der Waals surface area contributed by atoms with Crippen LogP contribution < -0.4 is 0 Å². The fraction of sp³-hybridized carbons (Fsp3) is 0.476. The molecule has 2 aliphatic heterocycles. The van der Waals surface area contributed by atoms with Gasteiger partial charge in [-0.05, 0) is 44.2 Å². The second-order valence-corrected chi connectivity index (χ2v) is 8.19. The quantitative estimate of drug-likeness (QED) is 0.766. The maximum atomic E-state index is 12.4. The Kier molecular flexibility index (Phi) is 5.24. The highest BCUT2D eigenvalue weighted by Crippen LogP contribution is 2.43. The molecule has 1 aliphatic carbocycles. The number of fused-ring (bicyclic) bond motifs is 2. The minimum absolute atomic E-state index is 0.139. The predicted octanol–water partition coefficient (Wildman–Crippen LogP) is 3.64. The topological polar surface area (TPSA) is 66.2 Å². The van der Waals surface area contributed by atoms with E-state index >= 15 is 0 Å². The summed E-state index contributed by atoms with van der Waals surface area (Å²) >= 11 is 1.69. The molecule has 1 aromatic heterocycles. The molecule has 0 radical (unpaired) electrons. The molecular weight excluding hydrogens is 358 g/mol. The number of rotatable bonds is 6. The summed E-state index contributed by atoms with van der Waals surface area (Å²) in [6.45, 7) is 2.70. The Hall–Kier alpha value is -2.23. The Morgan fingerprint density at radius 1 is 1.37 bits per heavy atom. The molecule has 3 fully saturated rings. The molecule has 27 heavy (non-hydrogen) atoms. The van der Waals surface area contributed by atoms with Crippen LogP contribution in [0.5, 0.6) is 0 Å². The summed E-state index contributed by atoms with van der Waals surface area (Å²) in [5, 5.41) is 12.1. The Balaban J connectivity index is 1.41. The summed E-state index contributed by atoms with van der Waals surface area (Å²) in [6, 6.07) is 10.5. The average molecular weight is 382 g/mol. The minimum atomic E-state index is 0.139. The lowest BCUT2D eigenvalue weighted by molar-refractivity contribution is -0.159. The van der Waals surface area contributed by atoms with E-state index in [1.807, 2.05) is 31.2 Å². The van der Waals surface area contributed by atoms with Crippen LogP contribution in [0.4, 0.5) is 0 Å². The summed E-state index contributed by atoms with van der Waals surface area (Å²) < 4.78 is 5.32. The molecule has 140 valence electrons. The van der Waals surface area contributed by atoms with Gasteiger partial charge in [0.1, 0.15) is 6.61 Å². The summed E-state index contributed by atoms with van der Waals surface area (Å²) in [6.07, 6.45) is 4.31. The Morgan fingerprint density at radius 3 is 2.89 bits per heavy atom. The first-order valence-electron chi connectivity index (χ1n) is 9.53. The van der Waals surface area contributed by atoms with Crippen LogP contribution in [0.1, 0.15) is 36.8 Å². The molecular formula is C21H23N3O2S. The van der Waals surface area contributed by atoms with Crippen molar-refractivity contribution in [3.63, 3.8) is 0 Å². The van der Waals surface area contributed by atoms with E-state index in [1.54, 1.807) is 11.3 Å². The molecule has 5 nitrogen and oxygen atoms in total. The maximum Gasteiger partial charge on any atom is 0.249 e. The van der Waals surface area contributed by atoms with E-state index in [-0.39, 0.29) is 12.5 Å². The third kappa shape index (κ3) is 3.62. The van der Waals surface area contributed by atoms with Crippen molar-refractivity contribution in [2.24, 2.45) is 5.92 Å². The van der Waals surface area contributed by atoms with Crippen molar-refractivity contribution in [2.45, 2.75) is 44.7 Å². The van der Waals surface area contributed by atoms with E-state index in [1.165, 1.54) is 6.42 Å². The Morgan fingerprint density at radius 2 is 2.19 bits per heavy atom. The van der Waals surface area contributed by atoms with Crippen LogP contribution in [-0.4, -0.2) is 41.1 Å². The van der Waals surface area contributed by atoms with Gasteiger partial charge in [-0.15, -0.1) is 11.3 Å². The fourth-order valence-corrected chi connectivity index (χ4v) is 5.18. The maximum absolute atomic E-state index is 12.4. The lowest BCUT2D eigenvalue weighted by atomic mass is 9.71. The Bertz CT molecular complexity index is 853. The molecule has 0 N–H and O–H groups in total. The van der Waals surface area contributed by atoms with Crippen LogP contribution in [0.2, 0.25) is 0 Å². The number of nitriles is 1. The van der Waals surface area contributed by atoms with Gasteiger partial charge < -0.3 is 9.64 Å². The second kappa shape index (κ2) is 7.79. The molecule has 3 aliphatic rings. The molecule has 0 spiro atoms. The van der Waals surface area contributed by atoms with Gasteiger partial charge in [-0.1, -0.05) is 12.1 Å². The molecule has 2 aromatic rings. The molecule has 1 amide bonds. The SMILES string of the molecule is CCOCC(=O)N1C2CCC(Cc3nc(-c4ccc(C#N)cc4)cs3)C1C2. The van der Waals surface area contributed by atoms with Crippen LogP contribution in [0.3, 0.4) is 0 Å². The molecule has 2 saturated heterocycles. The van der Waals surface area contributed by atoms with Crippen molar-refractivity contribution in [1.29, 1.82) is 5.26 Å². The second-order valence-electron chi connectivity index (χ2n) is 7.25. The smallest absolute Gasteiger partial charge is 0.249 e. The van der Waals surface area contributed by atoms with Crippen molar-refractivity contribution in [3.05, 3.63) is 40.2 Å². The number of piperidine rings is 1. The number of aromatic nitrogens is 1. The average Bonchev–Trinajstić information content (AvgIpc) is 3.15. The lowest BCUT2D eigenvalue weighted by Gasteiger charge is -2.56. The number of hydrogen-bond donors (Lipinski definition) is 0. The van der Waals surface area contributed by atoms with Crippen molar-refractivity contribution in [2.75, 3.05) is 13.2 Å². The number of thiazole rings is 1. The standard InChI is InChI=1S/C21H23N3O2S/c1-2-26-12-21(25)24-17-8-7-16(19(24)10-17)9-20-23-18(13-27-20)15-5-3-14(11-22)4-6-15/h3-6,13,16-17,19H,2,7-10,12H2,1H3. The van der Waals surface area contributed by atoms with Crippen molar-refractivity contribution in [1.82, 2.24) is 9.88 Å². The van der Waals surface area contributed by atoms with Gasteiger partial charge in [0.15, 0.2) is 0 Å². The van der Waals surface area contributed by atoms with E-state index in [9.17, 15) is 4.79 Å². The molecule has 3 unspecified atom stereocenters. The molecule has 3 atom stereocenters. The number of ether oxygens (including phenoxy) is 1. The van der Waals surface area contributed by atoms with Gasteiger partial charge in [0.25, 0.3) is 0 Å². The number of carbonyl (C=O) groups excluding carboxylic acids is 1. The highest BCUT2D eigenvalue weighted by molar-refractivity contribution is 7.09. The third-order valence-corrected chi connectivity index (χ3v) is 6.57. The van der Waals surface area contributed by atoms with Crippen LogP contribution in [0.25, 0.3) is 11.3 Å². The van der Waals surface area contributed by atoms with E-state index in [4.69, 9.17) is 15.0 Å². The van der Waals surface area contributed by atoms with E-state index < -0.39 is 0 Å². The van der Waals surface area contributed by atoms with Crippen LogP contribution in [-0.2, 0) is 16.0 Å². The summed E-state index contributed by atoms with van der Waals surface area (Å²) in [5.74, 6) is 0.626. The number of hydrogen-bond acceptors (Lipinski definition) is 5. The zero-order valence-corrected chi connectivity index (χ0v) is 16.2. The van der Waals surface area contributed by atoms with E-state index in [2.05, 4.69) is 16.3 Å². The normalized spacial score (nSPS) is 23.6. The van der Waals surface area contributed by atoms with Gasteiger partial charge in [0.2, 0.25) is 5.91 Å². The molecule has 5 rings (SSSR count). The minimum Gasteiger partial charge on any atom is -0.372 e. The van der Waals surface area contributed by atoms with Gasteiger partial charge in [-0.25, -0.2) is 4.98 Å². The highest BCUT2D eigenvalue weighted by atomic mass is 32.1. The van der Waals surface area contributed by atoms with Crippen molar-refractivity contribution >= 4 is 17.2 Å². The summed E-state index contributed by atoms with van der Waals surface area (Å²) in [7, 11) is 0. The van der Waals surface area contributed by atoms with E-state index in [0.717, 1.165) is 35.5 Å². The Labute approximate surface area is 163 Å². The first-order chi connectivity index (χ1) is 13.2. The van der Waals surface area contributed by atoms with Gasteiger partial charge in [0.05, 0.1) is 22.3 Å². The zero-order valence-electron chi connectivity index (χ0n) is 15.4. The van der Waals surface area contributed by atoms with Gasteiger partial charge in [-0.2, -0.15) is 5.26 Å². The number of benzene rings is 1. The molecule has 2 bridgehead atoms. The van der Waals surface area contributed by atoms with Gasteiger partial charge in [-0.3, -0.25) is 4.79 Å². The van der Waals surface area contributed by atoms with Crippen LogP contribution in [0, 0.1) is 17.2 Å². The summed E-state index contributed by atoms with van der Waals surface area (Å²) in [5.41, 5.74) is 2.66. The van der Waals surface area contributed by atoms with Crippen LogP contribution in [0.15, 0.2) is 29.6 Å². The zero-order chi connectivity index (χ0) is 18.8. The third-order valence-electron chi connectivity index (χ3n) is 5.70. The first-order valence-corrected chi connectivity index (χ1v) is 10.4. The van der Waals surface area contributed by atoms with Gasteiger partial charge in [0, 0.05) is 36.1 Å². The monoisotopic (exact) mass is 381 g/mol. The lowest BCUT2D eigenvalue weighted by Crippen LogP contribution is -2.65. The number of amides is 1. The fourth-order valence-electron chi connectivity index (χ4n) is 4.28. The number of carbonyl (C=O) groups is 1. The molecule has 6 heteroatoms. The number of nitrogens with zero attached hydrogens (tertiary/aromatic N) is 3. The molecule has 3 heterocycles. The van der Waals surface area contributed by atoms with E-state index in [0.29, 0.717) is 30.2 Å². The highest BCUT2D eigenvalue weighted by Gasteiger charge is 2.49. The van der Waals surface area contributed by atoms with Crippen LogP contribution >= 0.6 is 11.3 Å². The first kappa shape index (κ1) is 18.1. The molecule has 1 aromatic carbocycles. The predicted molar refractivity (Wildman–Crippen MR) is 104 cm³/mol.